The summed E-state index contributed by atoms with van der Waals surface area (Å²) in [4.78, 5) is 0. The van der Waals surface area contributed by atoms with Gasteiger partial charge in [-0.05, 0) is 23.8 Å². The quantitative estimate of drug-likeness (QED) is 0.371. The highest BCUT2D eigenvalue weighted by Crippen LogP contribution is 2.14. The second kappa shape index (κ2) is 10.4. The van der Waals surface area contributed by atoms with Crippen molar-refractivity contribution in [1.82, 2.24) is 0 Å². The summed E-state index contributed by atoms with van der Waals surface area (Å²) in [7, 11) is 0. The number of hydrogen-bond acceptors (Lipinski definition) is 1. The highest BCUT2D eigenvalue weighted by Gasteiger charge is 2.03. The molecule has 0 saturated carbocycles. The lowest BCUT2D eigenvalue weighted by Gasteiger charge is -2.05. The maximum absolute atomic E-state index is 6.25. The first kappa shape index (κ1) is 15.5. The van der Waals surface area contributed by atoms with E-state index in [1.807, 2.05) is 30.3 Å². The predicted octanol–water partition coefficient (Wildman–Crippen LogP) is 5.31. The normalized spacial score (nSPS) is 11.7. The Labute approximate surface area is 121 Å². The summed E-state index contributed by atoms with van der Waals surface area (Å²) in [6, 6.07) is 10.1. The third kappa shape index (κ3) is 7.69. The van der Waals surface area contributed by atoms with Gasteiger partial charge in [-0.25, -0.2) is 0 Å². The molecule has 1 aromatic carbocycles. The van der Waals surface area contributed by atoms with Gasteiger partial charge in [0.1, 0.15) is 0 Å². The molecule has 0 aromatic heterocycles. The Morgan fingerprint density at radius 2 is 1.94 bits per heavy atom. The second-order valence-electron chi connectivity index (χ2n) is 4.35. The van der Waals surface area contributed by atoms with Crippen molar-refractivity contribution in [3.63, 3.8) is 0 Å². The maximum Gasteiger partial charge on any atom is 0.0436 e. The molecular formula is C16H21ClS. The van der Waals surface area contributed by atoms with Gasteiger partial charge >= 0.3 is 0 Å². The summed E-state index contributed by atoms with van der Waals surface area (Å²) in [6.07, 6.45) is 6.27. The van der Waals surface area contributed by atoms with E-state index < -0.39 is 0 Å². The molecule has 0 spiro atoms. The second-order valence-corrected chi connectivity index (χ2v) is 5.79. The molecule has 0 aliphatic heterocycles. The predicted molar refractivity (Wildman–Crippen MR) is 84.2 cm³/mol. The Bertz CT molecular complexity index is 364. The Morgan fingerprint density at radius 3 is 2.67 bits per heavy atom. The van der Waals surface area contributed by atoms with E-state index in [9.17, 15) is 0 Å². The summed E-state index contributed by atoms with van der Waals surface area (Å²) in [5.41, 5.74) is 1.07. The van der Waals surface area contributed by atoms with Crippen LogP contribution in [-0.2, 0) is 0 Å². The first-order chi connectivity index (χ1) is 8.83. The molecular weight excluding hydrogens is 260 g/mol. The molecule has 0 saturated heterocycles. The summed E-state index contributed by atoms with van der Waals surface area (Å²) in [5, 5.41) is 3.38. The Balaban J connectivity index is 2.12. The van der Waals surface area contributed by atoms with Crippen LogP contribution in [-0.4, -0.2) is 11.1 Å². The van der Waals surface area contributed by atoms with Crippen LogP contribution in [0.3, 0.4) is 0 Å². The van der Waals surface area contributed by atoms with Crippen LogP contribution < -0.4 is 0 Å². The molecule has 0 fully saturated rings. The van der Waals surface area contributed by atoms with Crippen molar-refractivity contribution < 1.29 is 0 Å². The van der Waals surface area contributed by atoms with E-state index in [1.165, 1.54) is 25.7 Å². The van der Waals surface area contributed by atoms with E-state index >= 15 is 0 Å². The van der Waals surface area contributed by atoms with Crippen LogP contribution in [0.4, 0.5) is 0 Å². The molecule has 1 aromatic rings. The molecule has 98 valence electrons. The minimum absolute atomic E-state index is 0.261. The van der Waals surface area contributed by atoms with Gasteiger partial charge in [-0.2, -0.15) is 0 Å². The molecule has 0 radical (unpaired) electrons. The summed E-state index contributed by atoms with van der Waals surface area (Å²) in [5.74, 6) is 4.05. The molecule has 1 atom stereocenters. The van der Waals surface area contributed by atoms with Crippen LogP contribution >= 0.6 is 23.4 Å². The minimum Gasteiger partial charge on any atom is -0.122 e. The number of benzene rings is 1. The molecule has 1 unspecified atom stereocenters. The molecule has 0 aliphatic carbocycles. The first-order valence-corrected chi connectivity index (χ1v) is 8.07. The van der Waals surface area contributed by atoms with Crippen molar-refractivity contribution in [3.8, 4) is 11.2 Å². The van der Waals surface area contributed by atoms with E-state index in [0.29, 0.717) is 0 Å². The van der Waals surface area contributed by atoms with Crippen molar-refractivity contribution in [2.45, 2.75) is 44.4 Å². The highest BCUT2D eigenvalue weighted by molar-refractivity contribution is 8.03. The van der Waals surface area contributed by atoms with Gasteiger partial charge in [-0.1, -0.05) is 68.5 Å². The van der Waals surface area contributed by atoms with Crippen molar-refractivity contribution >= 4 is 23.4 Å². The lowest BCUT2D eigenvalue weighted by molar-refractivity contribution is 0.630. The lowest BCUT2D eigenvalue weighted by Crippen LogP contribution is -2.01. The number of unbranched alkanes of at least 4 members (excludes halogenated alkanes) is 3. The number of hydrogen-bond donors (Lipinski definition) is 0. The van der Waals surface area contributed by atoms with Crippen molar-refractivity contribution in [2.24, 2.45) is 0 Å². The molecule has 0 amide bonds. The van der Waals surface area contributed by atoms with Crippen molar-refractivity contribution in [1.29, 1.82) is 0 Å². The average molecular weight is 281 g/mol. The smallest absolute Gasteiger partial charge is 0.0436 e. The zero-order valence-corrected chi connectivity index (χ0v) is 12.6. The molecule has 0 aliphatic rings. The summed E-state index contributed by atoms with van der Waals surface area (Å²) in [6.45, 7) is 2.23. The van der Waals surface area contributed by atoms with Crippen LogP contribution in [0.15, 0.2) is 30.3 Å². The third-order valence-corrected chi connectivity index (χ3v) is 4.05. The van der Waals surface area contributed by atoms with Crippen LogP contribution in [0, 0.1) is 11.2 Å². The highest BCUT2D eigenvalue weighted by atomic mass is 35.5. The van der Waals surface area contributed by atoms with E-state index in [4.69, 9.17) is 11.6 Å². The van der Waals surface area contributed by atoms with Gasteiger partial charge in [-0.15, -0.1) is 11.6 Å². The van der Waals surface area contributed by atoms with Gasteiger partial charge in [0.15, 0.2) is 0 Å². The molecule has 0 nitrogen and oxygen atoms in total. The molecule has 0 N–H and O–H groups in total. The van der Waals surface area contributed by atoms with E-state index in [2.05, 4.69) is 18.1 Å². The van der Waals surface area contributed by atoms with Gasteiger partial charge < -0.3 is 0 Å². The van der Waals surface area contributed by atoms with Crippen molar-refractivity contribution in [2.75, 3.05) is 5.75 Å². The fourth-order valence-electron chi connectivity index (χ4n) is 1.62. The number of thioether (sulfide) groups is 1. The zero-order chi connectivity index (χ0) is 13.1. The average Bonchev–Trinajstić information content (AvgIpc) is 2.41. The molecule has 18 heavy (non-hydrogen) atoms. The summed E-state index contributed by atoms with van der Waals surface area (Å²) < 4.78 is 0. The molecule has 0 bridgehead atoms. The number of halogens is 1. The van der Waals surface area contributed by atoms with E-state index in [1.54, 1.807) is 11.8 Å². The Kier molecular flexibility index (Phi) is 8.90. The topological polar surface area (TPSA) is 0 Å². The molecule has 1 rings (SSSR count). The standard InChI is InChI=1S/C16H21ClS/c1-2-3-4-8-11-16(17)14-18-13-12-15-9-6-5-7-10-15/h5-7,9-10,16H,2-4,8,11,14H2,1H3. The van der Waals surface area contributed by atoms with Gasteiger partial charge in [0.05, 0.1) is 0 Å². The minimum atomic E-state index is 0.261. The lowest BCUT2D eigenvalue weighted by atomic mass is 10.1. The summed E-state index contributed by atoms with van der Waals surface area (Å²) >= 11 is 7.88. The molecule has 2 heteroatoms. The number of alkyl halides is 1. The fraction of sp³-hybridized carbons (Fsp3) is 0.500. The van der Waals surface area contributed by atoms with Gasteiger partial charge in [-0.3, -0.25) is 0 Å². The van der Waals surface area contributed by atoms with Gasteiger partial charge in [0.2, 0.25) is 0 Å². The van der Waals surface area contributed by atoms with Crippen LogP contribution in [0.25, 0.3) is 0 Å². The monoisotopic (exact) mass is 280 g/mol. The van der Waals surface area contributed by atoms with Crippen LogP contribution in [0.5, 0.6) is 0 Å². The molecule has 0 heterocycles. The van der Waals surface area contributed by atoms with Gasteiger partial charge in [0, 0.05) is 16.7 Å². The zero-order valence-electron chi connectivity index (χ0n) is 11.0. The first-order valence-electron chi connectivity index (χ1n) is 6.65. The van der Waals surface area contributed by atoms with Gasteiger partial charge in [0.25, 0.3) is 0 Å². The Morgan fingerprint density at radius 1 is 1.17 bits per heavy atom. The third-order valence-electron chi connectivity index (χ3n) is 2.68. The van der Waals surface area contributed by atoms with E-state index in [0.717, 1.165) is 17.7 Å². The van der Waals surface area contributed by atoms with Crippen molar-refractivity contribution in [3.05, 3.63) is 35.9 Å². The van der Waals surface area contributed by atoms with Crippen LogP contribution in [0.2, 0.25) is 0 Å². The Hall–Kier alpha value is -0.580. The van der Waals surface area contributed by atoms with Crippen LogP contribution in [0.1, 0.15) is 44.6 Å². The SMILES string of the molecule is CCCCCCC(Cl)CSC#Cc1ccccc1. The largest absolute Gasteiger partial charge is 0.122 e. The van der Waals surface area contributed by atoms with E-state index in [-0.39, 0.29) is 5.38 Å². The fourth-order valence-corrected chi connectivity index (χ4v) is 2.59. The maximum atomic E-state index is 6.25. The number of rotatable bonds is 7.